The highest BCUT2D eigenvalue weighted by atomic mass is 16.6. The SMILES string of the molecule is C=C(C)C(=O)OC(=O)C(C)=COCC(O)CO. The van der Waals surface area contributed by atoms with Gasteiger partial charge in [-0.15, -0.1) is 0 Å². The molecule has 6 nitrogen and oxygen atoms in total. The lowest BCUT2D eigenvalue weighted by Gasteiger charge is -2.07. The maximum absolute atomic E-state index is 11.3. The van der Waals surface area contributed by atoms with Crippen molar-refractivity contribution in [2.75, 3.05) is 13.2 Å². The van der Waals surface area contributed by atoms with Crippen LogP contribution in [0.4, 0.5) is 0 Å². The predicted molar refractivity (Wildman–Crippen MR) is 58.7 cm³/mol. The van der Waals surface area contributed by atoms with Gasteiger partial charge in [-0.3, -0.25) is 0 Å². The summed E-state index contributed by atoms with van der Waals surface area (Å²) in [4.78, 5) is 22.3. The molecule has 0 aromatic carbocycles. The Balaban J connectivity index is 4.16. The van der Waals surface area contributed by atoms with Crippen molar-refractivity contribution in [2.45, 2.75) is 20.0 Å². The molecule has 0 aliphatic heterocycles. The number of carbonyl (C=O) groups is 2. The van der Waals surface area contributed by atoms with E-state index in [1.165, 1.54) is 13.8 Å². The molecular weight excluding hydrogens is 228 g/mol. The fourth-order valence-electron chi connectivity index (χ4n) is 0.637. The van der Waals surface area contributed by atoms with Gasteiger partial charge in [-0.05, 0) is 13.8 Å². The summed E-state index contributed by atoms with van der Waals surface area (Å²) in [6.45, 7) is 5.54. The zero-order valence-electron chi connectivity index (χ0n) is 9.80. The van der Waals surface area contributed by atoms with Crippen LogP contribution in [0.5, 0.6) is 0 Å². The first-order chi connectivity index (χ1) is 7.88. The highest BCUT2D eigenvalue weighted by Crippen LogP contribution is 2.01. The Morgan fingerprint density at radius 3 is 2.41 bits per heavy atom. The van der Waals surface area contributed by atoms with Gasteiger partial charge in [0.25, 0.3) is 0 Å². The normalized spacial score (nSPS) is 12.8. The van der Waals surface area contributed by atoms with Crippen LogP contribution in [0.1, 0.15) is 13.8 Å². The Morgan fingerprint density at radius 1 is 1.35 bits per heavy atom. The summed E-state index contributed by atoms with van der Waals surface area (Å²) in [7, 11) is 0. The fourth-order valence-corrected chi connectivity index (χ4v) is 0.637. The molecule has 0 fully saturated rings. The van der Waals surface area contributed by atoms with Crippen molar-refractivity contribution in [1.29, 1.82) is 0 Å². The summed E-state index contributed by atoms with van der Waals surface area (Å²) in [5.74, 6) is -1.66. The first kappa shape index (κ1) is 15.3. The van der Waals surface area contributed by atoms with Gasteiger partial charge in [0.2, 0.25) is 0 Å². The van der Waals surface area contributed by atoms with Crippen molar-refractivity contribution < 1.29 is 29.3 Å². The summed E-state index contributed by atoms with van der Waals surface area (Å²) in [6.07, 6.45) is 0.0273. The molecular formula is C11H16O6. The summed E-state index contributed by atoms with van der Waals surface area (Å²) >= 11 is 0. The Bertz CT molecular complexity index is 331. The van der Waals surface area contributed by atoms with Crippen LogP contribution in [0.3, 0.4) is 0 Å². The Kier molecular flexibility index (Phi) is 6.85. The van der Waals surface area contributed by atoms with Crippen molar-refractivity contribution in [3.05, 3.63) is 24.0 Å². The van der Waals surface area contributed by atoms with Gasteiger partial charge in [0.15, 0.2) is 0 Å². The molecule has 0 heterocycles. The number of aliphatic hydroxyl groups is 2. The van der Waals surface area contributed by atoms with E-state index in [0.29, 0.717) is 0 Å². The fraction of sp³-hybridized carbons (Fsp3) is 0.455. The van der Waals surface area contributed by atoms with Gasteiger partial charge >= 0.3 is 11.9 Å². The molecule has 1 atom stereocenters. The van der Waals surface area contributed by atoms with E-state index in [9.17, 15) is 9.59 Å². The van der Waals surface area contributed by atoms with E-state index in [0.717, 1.165) is 6.26 Å². The molecule has 0 rings (SSSR count). The molecule has 0 radical (unpaired) electrons. The molecule has 0 spiro atoms. The number of hydrogen-bond donors (Lipinski definition) is 2. The standard InChI is InChI=1S/C11H16O6/c1-7(2)10(14)17-11(15)8(3)5-16-6-9(13)4-12/h5,9,12-13H,1,4,6H2,2-3H3. The Hall–Kier alpha value is -1.66. The van der Waals surface area contributed by atoms with E-state index in [4.69, 9.17) is 14.9 Å². The third-order valence-electron chi connectivity index (χ3n) is 1.62. The summed E-state index contributed by atoms with van der Waals surface area (Å²) < 4.78 is 9.22. The summed E-state index contributed by atoms with van der Waals surface area (Å²) in [5.41, 5.74) is 0.174. The molecule has 6 heteroatoms. The third kappa shape index (κ3) is 6.49. The van der Waals surface area contributed by atoms with Crippen molar-refractivity contribution in [3.8, 4) is 0 Å². The second-order valence-electron chi connectivity index (χ2n) is 3.43. The van der Waals surface area contributed by atoms with Crippen LogP contribution >= 0.6 is 0 Å². The smallest absolute Gasteiger partial charge is 0.344 e. The van der Waals surface area contributed by atoms with E-state index in [1.807, 2.05) is 0 Å². The average molecular weight is 244 g/mol. The maximum atomic E-state index is 11.3. The lowest BCUT2D eigenvalue weighted by Crippen LogP contribution is -2.18. The molecule has 96 valence electrons. The molecule has 0 saturated carbocycles. The average Bonchev–Trinajstić information content (AvgIpc) is 2.28. The first-order valence-corrected chi connectivity index (χ1v) is 4.87. The first-order valence-electron chi connectivity index (χ1n) is 4.87. The van der Waals surface area contributed by atoms with Crippen LogP contribution < -0.4 is 0 Å². The van der Waals surface area contributed by atoms with Gasteiger partial charge in [0, 0.05) is 5.57 Å². The molecule has 0 aromatic heterocycles. The quantitative estimate of drug-likeness (QED) is 0.293. The number of aliphatic hydroxyl groups excluding tert-OH is 2. The molecule has 0 bridgehead atoms. The number of esters is 2. The van der Waals surface area contributed by atoms with Crippen LogP contribution in [0.25, 0.3) is 0 Å². The molecule has 0 aromatic rings. The van der Waals surface area contributed by atoms with Gasteiger partial charge in [0.05, 0.1) is 18.4 Å². The second kappa shape index (κ2) is 7.59. The van der Waals surface area contributed by atoms with Crippen molar-refractivity contribution in [2.24, 2.45) is 0 Å². The number of carbonyl (C=O) groups excluding carboxylic acids is 2. The third-order valence-corrected chi connectivity index (χ3v) is 1.62. The van der Waals surface area contributed by atoms with E-state index in [2.05, 4.69) is 11.3 Å². The lowest BCUT2D eigenvalue weighted by molar-refractivity contribution is -0.154. The Morgan fingerprint density at radius 2 is 1.94 bits per heavy atom. The van der Waals surface area contributed by atoms with Crippen LogP contribution in [0, 0.1) is 0 Å². The highest BCUT2D eigenvalue weighted by Gasteiger charge is 2.13. The van der Waals surface area contributed by atoms with Crippen molar-refractivity contribution in [1.82, 2.24) is 0 Å². The monoisotopic (exact) mass is 244 g/mol. The second-order valence-corrected chi connectivity index (χ2v) is 3.43. The van der Waals surface area contributed by atoms with Crippen LogP contribution in [-0.4, -0.2) is 41.5 Å². The number of rotatable bonds is 6. The van der Waals surface area contributed by atoms with E-state index in [1.54, 1.807) is 0 Å². The Labute approximate surface area is 99.1 Å². The molecule has 0 amide bonds. The maximum Gasteiger partial charge on any atom is 0.344 e. The molecule has 2 N–H and O–H groups in total. The molecule has 0 aliphatic rings. The summed E-state index contributed by atoms with van der Waals surface area (Å²) in [6, 6.07) is 0. The van der Waals surface area contributed by atoms with Gasteiger partial charge < -0.3 is 19.7 Å². The largest absolute Gasteiger partial charge is 0.498 e. The molecule has 0 aliphatic carbocycles. The zero-order chi connectivity index (χ0) is 13.4. The predicted octanol–water partition coefficient (Wildman–Crippen LogP) is -0.0941. The van der Waals surface area contributed by atoms with Crippen molar-refractivity contribution >= 4 is 11.9 Å². The highest BCUT2D eigenvalue weighted by molar-refractivity contribution is 6.00. The minimum atomic E-state index is -1.02. The molecule has 17 heavy (non-hydrogen) atoms. The zero-order valence-corrected chi connectivity index (χ0v) is 9.80. The topological polar surface area (TPSA) is 93.1 Å². The van der Waals surface area contributed by atoms with E-state index >= 15 is 0 Å². The lowest BCUT2D eigenvalue weighted by atomic mass is 10.3. The number of hydrogen-bond acceptors (Lipinski definition) is 6. The minimum absolute atomic E-state index is 0.0599. The van der Waals surface area contributed by atoms with Gasteiger partial charge in [-0.2, -0.15) is 0 Å². The van der Waals surface area contributed by atoms with Crippen LogP contribution in [-0.2, 0) is 19.1 Å². The summed E-state index contributed by atoms with van der Waals surface area (Å²) in [5, 5.41) is 17.4. The molecule has 0 saturated heterocycles. The van der Waals surface area contributed by atoms with Gasteiger partial charge in [0.1, 0.15) is 12.7 Å². The molecule has 1 unspecified atom stereocenters. The van der Waals surface area contributed by atoms with E-state index < -0.39 is 24.6 Å². The van der Waals surface area contributed by atoms with Gasteiger partial charge in [-0.25, -0.2) is 9.59 Å². The van der Waals surface area contributed by atoms with Crippen LogP contribution in [0.15, 0.2) is 24.0 Å². The van der Waals surface area contributed by atoms with Gasteiger partial charge in [-0.1, -0.05) is 6.58 Å². The van der Waals surface area contributed by atoms with E-state index in [-0.39, 0.29) is 17.8 Å². The van der Waals surface area contributed by atoms with Crippen LogP contribution in [0.2, 0.25) is 0 Å². The minimum Gasteiger partial charge on any atom is -0.498 e. The van der Waals surface area contributed by atoms with Crippen molar-refractivity contribution in [3.63, 3.8) is 0 Å². The number of ether oxygens (including phenoxy) is 2.